The fourth-order valence-corrected chi connectivity index (χ4v) is 4.86. The van der Waals surface area contributed by atoms with Crippen molar-refractivity contribution >= 4 is 23.2 Å². The van der Waals surface area contributed by atoms with Gasteiger partial charge in [0.15, 0.2) is 5.82 Å². The van der Waals surface area contributed by atoms with Gasteiger partial charge in [0.2, 0.25) is 0 Å². The molecule has 0 spiro atoms. The van der Waals surface area contributed by atoms with Crippen molar-refractivity contribution in [3.8, 4) is 11.3 Å². The van der Waals surface area contributed by atoms with Crippen molar-refractivity contribution in [2.24, 2.45) is 0 Å². The van der Waals surface area contributed by atoms with Crippen LogP contribution < -0.4 is 15.1 Å². The Morgan fingerprint density at radius 2 is 1.94 bits per heavy atom. The Morgan fingerprint density at radius 3 is 2.71 bits per heavy atom. The summed E-state index contributed by atoms with van der Waals surface area (Å²) in [6.45, 7) is 5.51. The first-order valence-electron chi connectivity index (χ1n) is 11.4. The normalized spacial score (nSPS) is 17.0. The lowest BCUT2D eigenvalue weighted by Gasteiger charge is -2.36. The highest BCUT2D eigenvalue weighted by Gasteiger charge is 2.40. The van der Waals surface area contributed by atoms with E-state index >= 15 is 0 Å². The summed E-state index contributed by atoms with van der Waals surface area (Å²) in [5.74, 6) is 0.479. The number of hydrogen-bond acceptors (Lipinski definition) is 3. The van der Waals surface area contributed by atoms with E-state index in [-0.39, 0.29) is 12.1 Å². The fraction of sp³-hybridized carbons (Fsp3) is 0.308. The van der Waals surface area contributed by atoms with Crippen molar-refractivity contribution in [3.05, 3.63) is 71.3 Å². The van der Waals surface area contributed by atoms with E-state index in [0.29, 0.717) is 23.6 Å². The molecule has 3 heterocycles. The molecule has 1 atom stereocenters. The van der Waals surface area contributed by atoms with Gasteiger partial charge in [0.05, 0.1) is 23.0 Å². The number of nitrogens with one attached hydrogen (secondary N) is 1. The maximum Gasteiger partial charge on any atom is 0.416 e. The second-order valence-corrected chi connectivity index (χ2v) is 8.77. The summed E-state index contributed by atoms with van der Waals surface area (Å²) in [6, 6.07) is 14.3. The Kier molecular flexibility index (Phi) is 5.46. The number of alkyl halides is 3. The summed E-state index contributed by atoms with van der Waals surface area (Å²) in [5.41, 5.74) is 3.67. The third-order valence-corrected chi connectivity index (χ3v) is 6.63. The average molecular weight is 467 g/mol. The molecule has 2 bridgehead atoms. The highest BCUT2D eigenvalue weighted by atomic mass is 19.4. The van der Waals surface area contributed by atoms with Crippen molar-refractivity contribution in [1.29, 1.82) is 0 Å². The molecule has 2 aliphatic heterocycles. The molecule has 1 N–H and O–H groups in total. The van der Waals surface area contributed by atoms with Crippen LogP contribution >= 0.6 is 0 Å². The van der Waals surface area contributed by atoms with E-state index in [1.165, 1.54) is 6.07 Å². The number of nitrogens with zero attached hydrogens (tertiary/aromatic N) is 3. The number of aromatic nitrogens is 1. The van der Waals surface area contributed by atoms with E-state index in [0.717, 1.165) is 54.0 Å². The first-order valence-corrected chi connectivity index (χ1v) is 11.4. The number of carbonyl (C=O) groups is 1. The molecule has 0 aliphatic carbocycles. The predicted octanol–water partition coefficient (Wildman–Crippen LogP) is 6.27. The summed E-state index contributed by atoms with van der Waals surface area (Å²) >= 11 is 0. The number of halogens is 3. The molecule has 34 heavy (non-hydrogen) atoms. The topological polar surface area (TPSA) is 48.5 Å². The maximum absolute atomic E-state index is 13.6. The third kappa shape index (κ3) is 3.87. The van der Waals surface area contributed by atoms with Crippen molar-refractivity contribution in [2.75, 3.05) is 28.2 Å². The lowest BCUT2D eigenvalue weighted by Crippen LogP contribution is -2.48. The number of urea groups is 1. The number of pyridine rings is 1. The van der Waals surface area contributed by atoms with Gasteiger partial charge >= 0.3 is 12.2 Å². The van der Waals surface area contributed by atoms with E-state index < -0.39 is 11.7 Å². The summed E-state index contributed by atoms with van der Waals surface area (Å²) in [5, 5.41) is 3.09. The molecule has 5 rings (SSSR count). The SMILES string of the molecule is CCc1cccc(C)c1NC(=O)N1c2nc(-c3cccc(C(F)(F)F)c3)ccc2N2CC[C@H]1C2. The zero-order valence-electron chi connectivity index (χ0n) is 19.0. The van der Waals surface area contributed by atoms with Crippen LogP contribution in [-0.4, -0.2) is 30.1 Å². The van der Waals surface area contributed by atoms with Crippen LogP contribution in [0.5, 0.6) is 0 Å². The lowest BCUT2D eigenvalue weighted by molar-refractivity contribution is -0.137. The first kappa shape index (κ1) is 22.3. The van der Waals surface area contributed by atoms with Crippen molar-refractivity contribution in [1.82, 2.24) is 4.98 Å². The van der Waals surface area contributed by atoms with Crippen LogP contribution in [0, 0.1) is 6.92 Å². The second-order valence-electron chi connectivity index (χ2n) is 8.77. The molecule has 0 radical (unpaired) electrons. The van der Waals surface area contributed by atoms with Gasteiger partial charge in [-0.3, -0.25) is 4.90 Å². The smallest absolute Gasteiger partial charge is 0.366 e. The maximum atomic E-state index is 13.6. The van der Waals surface area contributed by atoms with Crippen LogP contribution in [0.4, 0.5) is 35.2 Å². The molecule has 176 valence electrons. The van der Waals surface area contributed by atoms with Crippen molar-refractivity contribution in [3.63, 3.8) is 0 Å². The van der Waals surface area contributed by atoms with Crippen molar-refractivity contribution < 1.29 is 18.0 Å². The highest BCUT2D eigenvalue weighted by Crippen LogP contribution is 2.41. The van der Waals surface area contributed by atoms with Crippen LogP contribution in [0.25, 0.3) is 11.3 Å². The quantitative estimate of drug-likeness (QED) is 0.495. The van der Waals surface area contributed by atoms with Gasteiger partial charge in [0, 0.05) is 24.3 Å². The van der Waals surface area contributed by atoms with Crippen molar-refractivity contribution in [2.45, 2.75) is 38.9 Å². The van der Waals surface area contributed by atoms with Crippen LogP contribution in [0.1, 0.15) is 30.0 Å². The summed E-state index contributed by atoms with van der Waals surface area (Å²) in [4.78, 5) is 22.2. The largest absolute Gasteiger partial charge is 0.416 e. The van der Waals surface area contributed by atoms with Gasteiger partial charge in [0.1, 0.15) is 0 Å². The molecule has 5 nitrogen and oxygen atoms in total. The van der Waals surface area contributed by atoms with Gasteiger partial charge in [-0.25, -0.2) is 9.78 Å². The molecule has 3 aromatic rings. The van der Waals surface area contributed by atoms with Crippen LogP contribution in [0.3, 0.4) is 0 Å². The zero-order chi connectivity index (χ0) is 24.0. The van der Waals surface area contributed by atoms with Gasteiger partial charge in [-0.1, -0.05) is 37.3 Å². The molecule has 1 saturated heterocycles. The molecule has 0 saturated carbocycles. The Morgan fingerprint density at radius 1 is 1.15 bits per heavy atom. The minimum atomic E-state index is -4.44. The highest BCUT2D eigenvalue weighted by molar-refractivity contribution is 6.05. The minimum Gasteiger partial charge on any atom is -0.366 e. The second kappa shape index (κ2) is 8.34. The first-order chi connectivity index (χ1) is 16.3. The number of benzene rings is 2. The molecular weight excluding hydrogens is 441 g/mol. The standard InChI is InChI=1S/C26H25F3N4O/c1-3-17-7-4-6-16(2)23(17)31-25(34)33-20-12-13-32(15-20)22-11-10-21(30-24(22)33)18-8-5-9-19(14-18)26(27,28)29/h4-11,14,20H,3,12-13,15H2,1-2H3,(H,31,34)/t20-/m0/s1. The fourth-order valence-electron chi connectivity index (χ4n) is 4.86. The molecule has 1 aromatic heterocycles. The number of amides is 2. The summed E-state index contributed by atoms with van der Waals surface area (Å²) in [6.07, 6.45) is -2.86. The molecule has 0 unspecified atom stereocenters. The van der Waals surface area contributed by atoms with Crippen LogP contribution in [0.15, 0.2) is 54.6 Å². The van der Waals surface area contributed by atoms with E-state index in [1.54, 1.807) is 17.0 Å². The molecule has 2 amide bonds. The molecule has 1 fully saturated rings. The van der Waals surface area contributed by atoms with E-state index in [1.807, 2.05) is 38.1 Å². The molecular formula is C26H25F3N4O. The Labute approximate surface area is 196 Å². The number of anilines is 3. The summed E-state index contributed by atoms with van der Waals surface area (Å²) in [7, 11) is 0. The third-order valence-electron chi connectivity index (χ3n) is 6.63. The number of fused-ring (bicyclic) bond motifs is 4. The molecule has 2 aromatic carbocycles. The average Bonchev–Trinajstić information content (AvgIpc) is 3.24. The zero-order valence-corrected chi connectivity index (χ0v) is 19.0. The number of rotatable bonds is 3. The van der Waals surface area contributed by atoms with Gasteiger partial charge in [-0.05, 0) is 55.2 Å². The lowest BCUT2D eigenvalue weighted by atomic mass is 10.1. The number of carbonyl (C=O) groups excluding carboxylic acids is 1. The molecule has 8 heteroatoms. The number of aryl methyl sites for hydroxylation is 2. The minimum absolute atomic E-state index is 0.0501. The Hall–Kier alpha value is -3.55. The van der Waals surface area contributed by atoms with Crippen LogP contribution in [-0.2, 0) is 12.6 Å². The monoisotopic (exact) mass is 466 g/mol. The van der Waals surface area contributed by atoms with Gasteiger partial charge in [0.25, 0.3) is 0 Å². The summed E-state index contributed by atoms with van der Waals surface area (Å²) < 4.78 is 39.7. The van der Waals surface area contributed by atoms with Crippen LogP contribution in [0.2, 0.25) is 0 Å². The van der Waals surface area contributed by atoms with Gasteiger partial charge < -0.3 is 10.2 Å². The van der Waals surface area contributed by atoms with E-state index in [9.17, 15) is 18.0 Å². The van der Waals surface area contributed by atoms with E-state index in [2.05, 4.69) is 10.2 Å². The number of hydrogen-bond donors (Lipinski definition) is 1. The number of para-hydroxylation sites is 1. The Balaban J connectivity index is 1.54. The van der Waals surface area contributed by atoms with E-state index in [4.69, 9.17) is 4.98 Å². The van der Waals surface area contributed by atoms with Gasteiger partial charge in [-0.2, -0.15) is 13.2 Å². The molecule has 2 aliphatic rings. The van der Waals surface area contributed by atoms with Gasteiger partial charge in [-0.15, -0.1) is 0 Å². The Bertz CT molecular complexity index is 1260. The predicted molar refractivity (Wildman–Crippen MR) is 127 cm³/mol.